The van der Waals surface area contributed by atoms with Crippen molar-refractivity contribution in [2.45, 2.75) is 43.0 Å². The van der Waals surface area contributed by atoms with E-state index < -0.39 is 5.97 Å². The first-order chi connectivity index (χ1) is 7.66. The van der Waals surface area contributed by atoms with Crippen LogP contribution in [0.2, 0.25) is 0 Å². The molecular formula is C10H16Mg2N2O3S+4. The Labute approximate surface area is 143 Å². The Kier molecular flexibility index (Phi) is 9.03. The number of carboxylic acid groups (broad SMARTS) is 1. The van der Waals surface area contributed by atoms with Gasteiger partial charge in [-0.3, -0.25) is 4.79 Å². The zero-order valence-corrected chi connectivity index (χ0v) is 14.0. The number of carbonyl (C=O) groups excluding carboxylic acids is 1. The van der Waals surface area contributed by atoms with Crippen LogP contribution in [0.15, 0.2) is 0 Å². The normalized spacial score (nSPS) is 28.4. The molecule has 2 heterocycles. The molecule has 2 rings (SSSR count). The van der Waals surface area contributed by atoms with E-state index in [2.05, 4.69) is 10.6 Å². The van der Waals surface area contributed by atoms with Crippen molar-refractivity contribution in [1.82, 2.24) is 10.6 Å². The van der Waals surface area contributed by atoms with Crippen LogP contribution >= 0.6 is 11.8 Å². The van der Waals surface area contributed by atoms with Gasteiger partial charge in [-0.1, -0.05) is 6.42 Å². The minimum atomic E-state index is -0.729. The molecule has 2 aliphatic heterocycles. The van der Waals surface area contributed by atoms with Gasteiger partial charge in [-0.05, 0) is 12.8 Å². The standard InChI is InChI=1S/C10H16N2O3S.2Mg/c13-8(14)4-2-1-3-7-9-6(5-16-7)11-10(15)12-9;;/h6-7,9H,1-5H2,(H,13,14)(H2,11,12,15);;/q;2*+2/t6-,7-,9-;;/m0../s1. The van der Waals surface area contributed by atoms with Crippen molar-refractivity contribution in [3.8, 4) is 0 Å². The molecule has 2 fully saturated rings. The fourth-order valence-corrected chi connectivity index (χ4v) is 3.81. The first kappa shape index (κ1) is 18.6. The fourth-order valence-electron chi connectivity index (χ4n) is 2.26. The van der Waals surface area contributed by atoms with Crippen molar-refractivity contribution in [3.63, 3.8) is 0 Å². The molecule has 0 unspecified atom stereocenters. The number of thioether (sulfide) groups is 1. The number of carbonyl (C=O) groups is 2. The third-order valence-corrected chi connectivity index (χ3v) is 4.58. The van der Waals surface area contributed by atoms with Gasteiger partial charge in [0.1, 0.15) is 0 Å². The number of amides is 2. The van der Waals surface area contributed by atoms with Crippen molar-refractivity contribution in [2.24, 2.45) is 0 Å². The average molecular weight is 293 g/mol. The smallest absolute Gasteiger partial charge is 0.481 e. The molecule has 3 N–H and O–H groups in total. The van der Waals surface area contributed by atoms with Gasteiger partial charge in [0.15, 0.2) is 0 Å². The van der Waals surface area contributed by atoms with Crippen LogP contribution in [0.4, 0.5) is 4.79 Å². The average Bonchev–Trinajstić information content (AvgIpc) is 2.72. The van der Waals surface area contributed by atoms with Crippen LogP contribution in [-0.4, -0.2) is 86.3 Å². The van der Waals surface area contributed by atoms with E-state index in [0.29, 0.717) is 5.25 Å². The number of nitrogens with one attached hydrogen (secondary N) is 2. The molecular weight excluding hydrogens is 277 g/mol. The zero-order chi connectivity index (χ0) is 11.5. The van der Waals surface area contributed by atoms with Gasteiger partial charge in [0.2, 0.25) is 0 Å². The molecule has 0 aliphatic carbocycles. The minimum Gasteiger partial charge on any atom is -0.481 e. The van der Waals surface area contributed by atoms with Gasteiger partial charge in [0.05, 0.1) is 12.1 Å². The van der Waals surface area contributed by atoms with Crippen LogP contribution in [0.5, 0.6) is 0 Å². The molecule has 5 nitrogen and oxygen atoms in total. The Morgan fingerprint density at radius 3 is 2.72 bits per heavy atom. The first-order valence-corrected chi connectivity index (χ1v) is 6.62. The van der Waals surface area contributed by atoms with Crippen LogP contribution in [0.3, 0.4) is 0 Å². The fraction of sp³-hybridized carbons (Fsp3) is 0.800. The molecule has 0 spiro atoms. The topological polar surface area (TPSA) is 78.4 Å². The second-order valence-corrected chi connectivity index (χ2v) is 5.53. The van der Waals surface area contributed by atoms with E-state index in [1.54, 1.807) is 0 Å². The van der Waals surface area contributed by atoms with Crippen molar-refractivity contribution in [3.05, 3.63) is 0 Å². The largest absolute Gasteiger partial charge is 2.00 e. The van der Waals surface area contributed by atoms with Crippen molar-refractivity contribution in [1.29, 1.82) is 0 Å². The van der Waals surface area contributed by atoms with Gasteiger partial charge in [0.25, 0.3) is 0 Å². The molecule has 3 atom stereocenters. The molecule has 0 aromatic carbocycles. The van der Waals surface area contributed by atoms with E-state index >= 15 is 0 Å². The second kappa shape index (κ2) is 8.73. The number of aliphatic carboxylic acids is 1. The maximum Gasteiger partial charge on any atom is 2.00 e. The SMILES string of the molecule is O=C(O)CCCC[C@@H]1SC[C@@H]2NC(=O)N[C@@H]21.[Mg+2].[Mg+2]. The van der Waals surface area contributed by atoms with Crippen LogP contribution in [0, 0.1) is 0 Å². The molecule has 2 saturated heterocycles. The number of unbranched alkanes of at least 4 members (excludes halogenated alkanes) is 1. The number of fused-ring (bicyclic) bond motifs is 1. The van der Waals surface area contributed by atoms with Crippen molar-refractivity contribution >= 4 is 69.9 Å². The van der Waals surface area contributed by atoms with E-state index in [4.69, 9.17) is 5.11 Å². The number of hydrogen-bond acceptors (Lipinski definition) is 3. The minimum absolute atomic E-state index is 0. The Morgan fingerprint density at radius 2 is 2.06 bits per heavy atom. The Balaban J connectivity index is 0.00000144. The van der Waals surface area contributed by atoms with Crippen LogP contribution in [0.25, 0.3) is 0 Å². The summed E-state index contributed by atoms with van der Waals surface area (Å²) >= 11 is 1.87. The zero-order valence-electron chi connectivity index (χ0n) is 10.4. The third-order valence-electron chi connectivity index (χ3n) is 3.07. The summed E-state index contributed by atoms with van der Waals surface area (Å²) in [7, 11) is 0. The maximum atomic E-state index is 11.1. The number of urea groups is 1. The molecule has 0 saturated carbocycles. The summed E-state index contributed by atoms with van der Waals surface area (Å²) in [5.74, 6) is 0.236. The predicted molar refractivity (Wildman–Crippen MR) is 73.1 cm³/mol. The molecule has 0 aromatic rings. The quantitative estimate of drug-likeness (QED) is 0.380. The van der Waals surface area contributed by atoms with Gasteiger partial charge in [-0.2, -0.15) is 11.8 Å². The van der Waals surface area contributed by atoms with Crippen LogP contribution < -0.4 is 10.6 Å². The molecule has 0 radical (unpaired) electrons. The van der Waals surface area contributed by atoms with Gasteiger partial charge in [0, 0.05) is 17.4 Å². The van der Waals surface area contributed by atoms with Crippen LogP contribution in [0.1, 0.15) is 25.7 Å². The Bertz CT molecular complexity index is 307. The summed E-state index contributed by atoms with van der Waals surface area (Å²) in [5.41, 5.74) is 0. The van der Waals surface area contributed by atoms with Crippen LogP contribution in [-0.2, 0) is 4.79 Å². The summed E-state index contributed by atoms with van der Waals surface area (Å²) in [6, 6.07) is 0.440. The molecule has 2 aliphatic rings. The molecule has 90 valence electrons. The monoisotopic (exact) mass is 292 g/mol. The number of rotatable bonds is 5. The van der Waals surface area contributed by atoms with Gasteiger partial charge >= 0.3 is 58.1 Å². The molecule has 8 heteroatoms. The van der Waals surface area contributed by atoms with Crippen molar-refractivity contribution < 1.29 is 14.7 Å². The predicted octanol–water partition coefficient (Wildman–Crippen LogP) is 0.0352. The summed E-state index contributed by atoms with van der Waals surface area (Å²) in [6.07, 6.45) is 2.88. The van der Waals surface area contributed by atoms with Crippen molar-refractivity contribution in [2.75, 3.05) is 5.75 Å². The molecule has 0 aromatic heterocycles. The molecule has 2 amide bonds. The van der Waals surface area contributed by atoms with Gasteiger partial charge in [-0.25, -0.2) is 4.79 Å². The maximum absolute atomic E-state index is 11.1. The second-order valence-electron chi connectivity index (χ2n) is 4.26. The van der Waals surface area contributed by atoms with Gasteiger partial charge < -0.3 is 15.7 Å². The van der Waals surface area contributed by atoms with E-state index in [-0.39, 0.29) is 70.6 Å². The van der Waals surface area contributed by atoms with E-state index in [1.807, 2.05) is 11.8 Å². The summed E-state index contributed by atoms with van der Waals surface area (Å²) in [5, 5.41) is 14.8. The molecule has 18 heavy (non-hydrogen) atoms. The summed E-state index contributed by atoms with van der Waals surface area (Å²) in [6.45, 7) is 0. The van der Waals surface area contributed by atoms with E-state index in [9.17, 15) is 9.59 Å². The Hall–Kier alpha value is 0.622. The summed E-state index contributed by atoms with van der Waals surface area (Å²) < 4.78 is 0. The Morgan fingerprint density at radius 1 is 1.33 bits per heavy atom. The van der Waals surface area contributed by atoms with E-state index in [1.165, 1.54) is 0 Å². The third kappa shape index (κ3) is 4.95. The number of hydrogen-bond donors (Lipinski definition) is 3. The molecule has 0 bridgehead atoms. The van der Waals surface area contributed by atoms with E-state index in [0.717, 1.165) is 25.0 Å². The summed E-state index contributed by atoms with van der Waals surface area (Å²) in [4.78, 5) is 21.5. The first-order valence-electron chi connectivity index (χ1n) is 5.57. The number of carboxylic acids is 1. The van der Waals surface area contributed by atoms with Gasteiger partial charge in [-0.15, -0.1) is 0 Å².